The molecule has 128 valence electrons. The summed E-state index contributed by atoms with van der Waals surface area (Å²) < 4.78 is 5.00. The quantitative estimate of drug-likeness (QED) is 0.812. The van der Waals surface area contributed by atoms with Crippen molar-refractivity contribution in [1.82, 2.24) is 0 Å². The molecule has 1 aromatic carbocycles. The average Bonchev–Trinajstić information content (AvgIpc) is 3.15. The molecule has 0 saturated heterocycles. The molecule has 0 fully saturated rings. The first kappa shape index (κ1) is 17.5. The van der Waals surface area contributed by atoms with Gasteiger partial charge in [-0.2, -0.15) is 5.26 Å². The Kier molecular flexibility index (Phi) is 5.37. The van der Waals surface area contributed by atoms with Crippen molar-refractivity contribution in [1.29, 1.82) is 5.26 Å². The highest BCUT2D eigenvalue weighted by Crippen LogP contribution is 2.38. The third kappa shape index (κ3) is 4.01. The molecule has 0 saturated carbocycles. The number of carbonyl (C=O) groups is 2. The van der Waals surface area contributed by atoms with Gasteiger partial charge in [-0.05, 0) is 36.5 Å². The Bertz CT molecular complexity index is 870. The molecular formula is C18H15ClN2O3S. The number of hydrogen-bond acceptors (Lipinski definition) is 5. The van der Waals surface area contributed by atoms with E-state index >= 15 is 0 Å². The van der Waals surface area contributed by atoms with Crippen LogP contribution in [0, 0.1) is 11.3 Å². The number of esters is 1. The summed E-state index contributed by atoms with van der Waals surface area (Å²) in [5, 5.41) is 13.0. The molecule has 0 radical (unpaired) electrons. The zero-order chi connectivity index (χ0) is 17.8. The fourth-order valence-corrected chi connectivity index (χ4v) is 4.23. The Balaban J connectivity index is 1.54. The minimum absolute atomic E-state index is 0.00367. The van der Waals surface area contributed by atoms with Gasteiger partial charge in [-0.25, -0.2) is 0 Å². The van der Waals surface area contributed by atoms with Crippen molar-refractivity contribution in [2.24, 2.45) is 0 Å². The van der Waals surface area contributed by atoms with Gasteiger partial charge in [0.15, 0.2) is 6.61 Å². The van der Waals surface area contributed by atoms with Crippen LogP contribution < -0.4 is 5.32 Å². The molecule has 1 N–H and O–H groups in total. The van der Waals surface area contributed by atoms with Crippen molar-refractivity contribution >= 4 is 39.8 Å². The summed E-state index contributed by atoms with van der Waals surface area (Å²) in [5.41, 5.74) is 2.22. The average molecular weight is 375 g/mol. The van der Waals surface area contributed by atoms with Crippen molar-refractivity contribution in [3.63, 3.8) is 0 Å². The number of rotatable bonds is 5. The lowest BCUT2D eigenvalue weighted by Gasteiger charge is -2.07. The maximum absolute atomic E-state index is 12.0. The van der Waals surface area contributed by atoms with Gasteiger partial charge in [0.25, 0.3) is 5.91 Å². The molecule has 0 atom stereocenters. The summed E-state index contributed by atoms with van der Waals surface area (Å²) in [7, 11) is 0. The van der Waals surface area contributed by atoms with Crippen LogP contribution in [-0.4, -0.2) is 18.5 Å². The summed E-state index contributed by atoms with van der Waals surface area (Å²) in [5.74, 6) is -0.985. The second-order valence-electron chi connectivity index (χ2n) is 5.65. The van der Waals surface area contributed by atoms with E-state index in [1.807, 2.05) is 0 Å². The van der Waals surface area contributed by atoms with Gasteiger partial charge in [-0.3, -0.25) is 9.59 Å². The van der Waals surface area contributed by atoms with Crippen molar-refractivity contribution < 1.29 is 14.3 Å². The van der Waals surface area contributed by atoms with Crippen molar-refractivity contribution in [3.8, 4) is 6.07 Å². The minimum atomic E-state index is -0.530. The largest absolute Gasteiger partial charge is 0.455 e. The summed E-state index contributed by atoms with van der Waals surface area (Å²) in [6, 6.07) is 9.13. The number of hydrogen-bond donors (Lipinski definition) is 1. The molecule has 5 nitrogen and oxygen atoms in total. The summed E-state index contributed by atoms with van der Waals surface area (Å²) in [4.78, 5) is 25.0. The van der Waals surface area contributed by atoms with Gasteiger partial charge >= 0.3 is 5.97 Å². The van der Waals surface area contributed by atoms with E-state index in [9.17, 15) is 14.9 Å². The van der Waals surface area contributed by atoms with Crippen LogP contribution in [0.1, 0.15) is 28.0 Å². The third-order valence-electron chi connectivity index (χ3n) is 3.94. The zero-order valence-electron chi connectivity index (χ0n) is 13.3. The van der Waals surface area contributed by atoms with E-state index in [1.165, 1.54) is 11.3 Å². The number of nitriles is 1. The van der Waals surface area contributed by atoms with E-state index in [0.717, 1.165) is 29.7 Å². The Hall–Kier alpha value is -2.36. The molecule has 0 unspecified atom stereocenters. The first-order chi connectivity index (χ1) is 12.1. The van der Waals surface area contributed by atoms with Crippen LogP contribution in [0.15, 0.2) is 24.3 Å². The Morgan fingerprint density at radius 1 is 1.32 bits per heavy atom. The predicted octanol–water partition coefficient (Wildman–Crippen LogP) is 3.49. The van der Waals surface area contributed by atoms with Crippen LogP contribution in [0.2, 0.25) is 5.02 Å². The van der Waals surface area contributed by atoms with Gasteiger partial charge in [-0.15, -0.1) is 11.3 Å². The number of halogens is 1. The van der Waals surface area contributed by atoms with Crippen LogP contribution in [-0.2, 0) is 33.6 Å². The van der Waals surface area contributed by atoms with Gasteiger partial charge in [0, 0.05) is 9.90 Å². The number of nitrogens with zero attached hydrogens (tertiary/aromatic N) is 1. The Morgan fingerprint density at radius 2 is 2.12 bits per heavy atom. The first-order valence-corrected chi connectivity index (χ1v) is 9.01. The van der Waals surface area contributed by atoms with Crippen molar-refractivity contribution in [3.05, 3.63) is 50.9 Å². The predicted molar refractivity (Wildman–Crippen MR) is 95.8 cm³/mol. The highest BCUT2D eigenvalue weighted by Gasteiger charge is 2.23. The van der Waals surface area contributed by atoms with Gasteiger partial charge in [0.2, 0.25) is 0 Å². The van der Waals surface area contributed by atoms with E-state index in [0.29, 0.717) is 21.2 Å². The number of thiophene rings is 1. The second-order valence-corrected chi connectivity index (χ2v) is 7.16. The molecule has 1 aromatic heterocycles. The number of ether oxygens (including phenoxy) is 1. The van der Waals surface area contributed by atoms with Gasteiger partial charge in [0.1, 0.15) is 11.1 Å². The molecule has 1 amide bonds. The summed E-state index contributed by atoms with van der Waals surface area (Å²) in [6.07, 6.45) is 2.86. The highest BCUT2D eigenvalue weighted by atomic mass is 35.5. The van der Waals surface area contributed by atoms with E-state index in [-0.39, 0.29) is 6.42 Å². The summed E-state index contributed by atoms with van der Waals surface area (Å²) >= 11 is 7.42. The molecular weight excluding hydrogens is 360 g/mol. The third-order valence-corrected chi connectivity index (χ3v) is 5.52. The standard InChI is InChI=1S/C18H15ClN2O3S/c19-14-6-2-1-4-11(14)8-17(23)24-10-16(22)21-18-13(9-20)12-5-3-7-15(12)25-18/h1-2,4,6H,3,5,7-8,10H2,(H,21,22). The number of anilines is 1. The fourth-order valence-electron chi connectivity index (χ4n) is 2.77. The normalized spacial score (nSPS) is 12.3. The van der Waals surface area contributed by atoms with Crippen LogP contribution >= 0.6 is 22.9 Å². The van der Waals surface area contributed by atoms with Crippen molar-refractivity contribution in [2.75, 3.05) is 11.9 Å². The Labute approximate surface area is 154 Å². The number of amides is 1. The topological polar surface area (TPSA) is 79.2 Å². The molecule has 0 bridgehead atoms. The highest BCUT2D eigenvalue weighted by molar-refractivity contribution is 7.16. The lowest BCUT2D eigenvalue weighted by Crippen LogP contribution is -2.21. The van der Waals surface area contributed by atoms with E-state index in [4.69, 9.17) is 16.3 Å². The number of benzene rings is 1. The second kappa shape index (κ2) is 7.68. The number of nitrogens with one attached hydrogen (secondary N) is 1. The number of carbonyl (C=O) groups excluding carboxylic acids is 2. The van der Waals surface area contributed by atoms with Crippen molar-refractivity contribution in [2.45, 2.75) is 25.7 Å². The lowest BCUT2D eigenvalue weighted by molar-refractivity contribution is -0.146. The maximum Gasteiger partial charge on any atom is 0.310 e. The first-order valence-electron chi connectivity index (χ1n) is 7.82. The summed E-state index contributed by atoms with van der Waals surface area (Å²) in [6.45, 7) is -0.392. The van der Waals surface area contributed by atoms with E-state index in [1.54, 1.807) is 24.3 Å². The van der Waals surface area contributed by atoms with E-state index < -0.39 is 18.5 Å². The van der Waals surface area contributed by atoms with Crippen LogP contribution in [0.25, 0.3) is 0 Å². The van der Waals surface area contributed by atoms with E-state index in [2.05, 4.69) is 11.4 Å². The van der Waals surface area contributed by atoms with Crippen LogP contribution in [0.3, 0.4) is 0 Å². The minimum Gasteiger partial charge on any atom is -0.455 e. The van der Waals surface area contributed by atoms with Crippen LogP contribution in [0.4, 0.5) is 5.00 Å². The zero-order valence-corrected chi connectivity index (χ0v) is 14.9. The molecule has 0 spiro atoms. The molecule has 1 aliphatic carbocycles. The van der Waals surface area contributed by atoms with Gasteiger partial charge in [-0.1, -0.05) is 29.8 Å². The molecule has 25 heavy (non-hydrogen) atoms. The van der Waals surface area contributed by atoms with Crippen LogP contribution in [0.5, 0.6) is 0 Å². The smallest absolute Gasteiger partial charge is 0.310 e. The van der Waals surface area contributed by atoms with Gasteiger partial charge < -0.3 is 10.1 Å². The Morgan fingerprint density at radius 3 is 2.88 bits per heavy atom. The molecule has 0 aliphatic heterocycles. The number of fused-ring (bicyclic) bond motifs is 1. The monoisotopic (exact) mass is 374 g/mol. The molecule has 1 heterocycles. The SMILES string of the molecule is N#Cc1c(NC(=O)COC(=O)Cc2ccccc2Cl)sc2c1CCC2. The maximum atomic E-state index is 12.0. The fraction of sp³-hybridized carbons (Fsp3) is 0.278. The number of aryl methyl sites for hydroxylation is 1. The molecule has 3 rings (SSSR count). The molecule has 7 heteroatoms. The molecule has 1 aliphatic rings. The van der Waals surface area contributed by atoms with Gasteiger partial charge in [0.05, 0.1) is 12.0 Å². The molecule has 2 aromatic rings. The lowest BCUT2D eigenvalue weighted by atomic mass is 10.1.